The first-order chi connectivity index (χ1) is 13.6. The summed E-state index contributed by atoms with van der Waals surface area (Å²) in [5.41, 5.74) is 2.91. The van der Waals surface area contributed by atoms with E-state index in [0.29, 0.717) is 5.92 Å². The highest BCUT2D eigenvalue weighted by molar-refractivity contribution is 6.30. The molecule has 1 aromatic carbocycles. The maximum atomic E-state index is 6.12. The molecule has 1 aliphatic heterocycles. The second kappa shape index (κ2) is 8.16. The first-order valence-electron chi connectivity index (χ1n) is 10.3. The molecule has 2 heterocycles. The quantitative estimate of drug-likeness (QED) is 0.625. The number of likely N-dealkylation sites (tertiary alicyclic amines) is 1. The van der Waals surface area contributed by atoms with Crippen molar-refractivity contribution in [2.24, 2.45) is 12.0 Å². The Morgan fingerprint density at radius 2 is 2.04 bits per heavy atom. The Balaban J connectivity index is 1.43. The third-order valence-corrected chi connectivity index (χ3v) is 6.75. The van der Waals surface area contributed by atoms with Crippen LogP contribution in [-0.2, 0) is 12.5 Å². The molecule has 5 nitrogen and oxygen atoms in total. The Kier molecular flexibility index (Phi) is 5.63. The summed E-state index contributed by atoms with van der Waals surface area (Å²) in [4.78, 5) is 6.98. The maximum absolute atomic E-state index is 6.12. The van der Waals surface area contributed by atoms with Gasteiger partial charge in [-0.25, -0.2) is 0 Å². The van der Waals surface area contributed by atoms with Gasteiger partial charge in [0.05, 0.1) is 6.20 Å². The highest BCUT2D eigenvalue weighted by atomic mass is 35.5. The smallest absolute Gasteiger partial charge is 0.193 e. The molecule has 28 heavy (non-hydrogen) atoms. The minimum absolute atomic E-state index is 0.184. The Labute approximate surface area is 172 Å². The van der Waals surface area contributed by atoms with Crippen LogP contribution in [0.4, 0.5) is 0 Å². The predicted molar refractivity (Wildman–Crippen MR) is 115 cm³/mol. The van der Waals surface area contributed by atoms with Gasteiger partial charge in [-0.05, 0) is 42.5 Å². The van der Waals surface area contributed by atoms with E-state index in [2.05, 4.69) is 38.6 Å². The zero-order valence-electron chi connectivity index (χ0n) is 16.9. The lowest BCUT2D eigenvalue weighted by atomic mass is 9.79. The summed E-state index contributed by atoms with van der Waals surface area (Å²) in [6.45, 7) is 2.96. The van der Waals surface area contributed by atoms with Crippen molar-refractivity contribution in [3.05, 3.63) is 52.8 Å². The number of benzene rings is 1. The molecule has 1 unspecified atom stereocenters. The Morgan fingerprint density at radius 1 is 1.29 bits per heavy atom. The van der Waals surface area contributed by atoms with Crippen LogP contribution in [0.1, 0.15) is 49.1 Å². The number of nitrogens with one attached hydrogen (secondary N) is 1. The van der Waals surface area contributed by atoms with Crippen molar-refractivity contribution in [2.45, 2.75) is 43.4 Å². The number of aliphatic imine (C=N–C) groups is 1. The van der Waals surface area contributed by atoms with Gasteiger partial charge in [0.15, 0.2) is 5.96 Å². The molecule has 0 spiro atoms. The second-order valence-corrected chi connectivity index (χ2v) is 8.71. The summed E-state index contributed by atoms with van der Waals surface area (Å²) in [6, 6.07) is 8.44. The molecule has 0 radical (unpaired) electrons. The number of halogens is 1. The van der Waals surface area contributed by atoms with E-state index >= 15 is 0 Å². The van der Waals surface area contributed by atoms with Crippen molar-refractivity contribution in [3.63, 3.8) is 0 Å². The van der Waals surface area contributed by atoms with Crippen molar-refractivity contribution in [2.75, 3.05) is 26.7 Å². The molecule has 2 aromatic rings. The molecule has 1 saturated carbocycles. The summed E-state index contributed by atoms with van der Waals surface area (Å²) >= 11 is 6.12. The zero-order chi connectivity index (χ0) is 19.6. The Bertz CT molecular complexity index is 820. The maximum Gasteiger partial charge on any atom is 0.193 e. The van der Waals surface area contributed by atoms with Crippen LogP contribution in [0.5, 0.6) is 0 Å². The number of nitrogens with zero attached hydrogens (tertiary/aromatic N) is 4. The van der Waals surface area contributed by atoms with Gasteiger partial charge in [0.1, 0.15) is 0 Å². The first kappa shape index (κ1) is 19.3. The summed E-state index contributed by atoms with van der Waals surface area (Å²) in [7, 11) is 3.87. The molecule has 0 amide bonds. The van der Waals surface area contributed by atoms with Crippen molar-refractivity contribution >= 4 is 17.6 Å². The Morgan fingerprint density at radius 3 is 2.68 bits per heavy atom. The molecular weight excluding hydrogens is 370 g/mol. The highest BCUT2D eigenvalue weighted by Crippen LogP contribution is 2.41. The molecule has 1 aromatic heterocycles. The lowest BCUT2D eigenvalue weighted by Crippen LogP contribution is -2.46. The van der Waals surface area contributed by atoms with Crippen LogP contribution in [0.25, 0.3) is 0 Å². The van der Waals surface area contributed by atoms with Crippen LogP contribution < -0.4 is 5.32 Å². The van der Waals surface area contributed by atoms with Gasteiger partial charge < -0.3 is 10.2 Å². The van der Waals surface area contributed by atoms with Gasteiger partial charge in [-0.15, -0.1) is 0 Å². The third kappa shape index (κ3) is 3.90. The van der Waals surface area contributed by atoms with Crippen LogP contribution in [0.2, 0.25) is 5.02 Å². The van der Waals surface area contributed by atoms with E-state index in [4.69, 9.17) is 11.6 Å². The van der Waals surface area contributed by atoms with Crippen LogP contribution in [0.3, 0.4) is 0 Å². The van der Waals surface area contributed by atoms with Crippen molar-refractivity contribution < 1.29 is 0 Å². The predicted octanol–water partition coefficient (Wildman–Crippen LogP) is 3.95. The van der Waals surface area contributed by atoms with Crippen LogP contribution in [0, 0.1) is 0 Å². The van der Waals surface area contributed by atoms with Crippen molar-refractivity contribution in [1.82, 2.24) is 20.0 Å². The molecule has 1 atom stereocenters. The van der Waals surface area contributed by atoms with Gasteiger partial charge in [-0.2, -0.15) is 5.10 Å². The number of aryl methyl sites for hydroxylation is 1. The molecule has 150 valence electrons. The van der Waals surface area contributed by atoms with E-state index < -0.39 is 0 Å². The molecule has 1 N–H and O–H groups in total. The van der Waals surface area contributed by atoms with Crippen LogP contribution in [0.15, 0.2) is 41.7 Å². The largest absolute Gasteiger partial charge is 0.355 e. The minimum atomic E-state index is 0.184. The molecule has 6 heteroatoms. The SMILES string of the molecule is CN=C(NCC1(c2ccc(Cl)cc2)CCCC1)N1CCC(c2cnn(C)c2)C1. The molecule has 0 bridgehead atoms. The fourth-order valence-electron chi connectivity index (χ4n) is 4.88. The third-order valence-electron chi connectivity index (χ3n) is 6.50. The molecule has 4 rings (SSSR count). The number of hydrogen-bond donors (Lipinski definition) is 1. The lowest BCUT2D eigenvalue weighted by molar-refractivity contribution is 0.412. The van der Waals surface area contributed by atoms with Crippen LogP contribution in [-0.4, -0.2) is 47.3 Å². The van der Waals surface area contributed by atoms with E-state index in [1.165, 1.54) is 36.8 Å². The van der Waals surface area contributed by atoms with E-state index in [9.17, 15) is 0 Å². The monoisotopic (exact) mass is 399 g/mol. The minimum Gasteiger partial charge on any atom is -0.355 e. The molecule has 1 aliphatic carbocycles. The zero-order valence-corrected chi connectivity index (χ0v) is 17.6. The highest BCUT2D eigenvalue weighted by Gasteiger charge is 2.36. The molecule has 2 fully saturated rings. The van der Waals surface area contributed by atoms with Gasteiger partial charge in [0.2, 0.25) is 0 Å². The normalized spacial score (nSPS) is 22.0. The fourth-order valence-corrected chi connectivity index (χ4v) is 5.00. The van der Waals surface area contributed by atoms with E-state index in [1.807, 2.05) is 37.1 Å². The van der Waals surface area contributed by atoms with E-state index in [-0.39, 0.29) is 5.41 Å². The standard InChI is InChI=1S/C22H30ClN5/c1-24-21(28-12-9-17(15-28)18-13-26-27(2)14-18)25-16-22(10-3-4-11-22)19-5-7-20(23)8-6-19/h5-8,13-14,17H,3-4,9-12,15-16H2,1-2H3,(H,24,25). The molecule has 2 aliphatic rings. The average Bonchev–Trinajstić information content (AvgIpc) is 3.44. The van der Waals surface area contributed by atoms with Gasteiger partial charge in [-0.1, -0.05) is 36.6 Å². The van der Waals surface area contributed by atoms with Gasteiger partial charge in [0.25, 0.3) is 0 Å². The van der Waals surface area contributed by atoms with Gasteiger partial charge in [0, 0.05) is 56.3 Å². The molecule has 1 saturated heterocycles. The second-order valence-electron chi connectivity index (χ2n) is 8.27. The van der Waals surface area contributed by atoms with Gasteiger partial charge >= 0.3 is 0 Å². The van der Waals surface area contributed by atoms with Crippen molar-refractivity contribution in [1.29, 1.82) is 0 Å². The number of aromatic nitrogens is 2. The Hall–Kier alpha value is -2.01. The summed E-state index contributed by atoms with van der Waals surface area (Å²) in [5.74, 6) is 1.55. The van der Waals surface area contributed by atoms with Crippen molar-refractivity contribution in [3.8, 4) is 0 Å². The number of hydrogen-bond acceptors (Lipinski definition) is 2. The average molecular weight is 400 g/mol. The first-order valence-corrected chi connectivity index (χ1v) is 10.7. The van der Waals surface area contributed by atoms with Gasteiger partial charge in [-0.3, -0.25) is 9.67 Å². The lowest BCUT2D eigenvalue weighted by Gasteiger charge is -2.32. The summed E-state index contributed by atoms with van der Waals surface area (Å²) in [6.07, 6.45) is 10.3. The summed E-state index contributed by atoms with van der Waals surface area (Å²) < 4.78 is 1.89. The number of guanidine groups is 1. The van der Waals surface area contributed by atoms with E-state index in [1.54, 1.807) is 0 Å². The van der Waals surface area contributed by atoms with E-state index in [0.717, 1.165) is 37.0 Å². The topological polar surface area (TPSA) is 45.5 Å². The fraction of sp³-hybridized carbons (Fsp3) is 0.545. The summed E-state index contributed by atoms with van der Waals surface area (Å²) in [5, 5.41) is 8.84. The number of rotatable bonds is 4. The van der Waals surface area contributed by atoms with Crippen LogP contribution >= 0.6 is 11.6 Å². The molecular formula is C22H30ClN5.